The van der Waals surface area contributed by atoms with E-state index in [2.05, 4.69) is 52.5 Å². The van der Waals surface area contributed by atoms with Gasteiger partial charge in [-0.2, -0.15) is 0 Å². The van der Waals surface area contributed by atoms with E-state index in [0.717, 1.165) is 26.5 Å². The van der Waals surface area contributed by atoms with Gasteiger partial charge in [0.25, 0.3) is 35.4 Å². The first-order chi connectivity index (χ1) is 56.9. The molecule has 4 aliphatic rings. The van der Waals surface area contributed by atoms with Crippen LogP contribution < -0.4 is 46.1 Å². The number of esters is 2. The third-order valence-corrected chi connectivity index (χ3v) is 20.0. The fraction of sp³-hybridized carbons (Fsp3) is 0.205. The fourth-order valence-corrected chi connectivity index (χ4v) is 14.1. The van der Waals surface area contributed by atoms with E-state index in [1.54, 1.807) is 64.1 Å². The summed E-state index contributed by atoms with van der Waals surface area (Å²) < 4.78 is 30.1. The predicted molar refractivity (Wildman–Crippen MR) is 416 cm³/mol. The minimum atomic E-state index is -1.14. The number of fused-ring (bicyclic) bond motifs is 4. The van der Waals surface area contributed by atoms with Crippen molar-refractivity contribution in [2.24, 2.45) is 0 Å². The fourth-order valence-electron chi connectivity index (χ4n) is 14.1. The molecule has 0 radical (unpaired) electrons. The Labute approximate surface area is 663 Å². The van der Waals surface area contributed by atoms with E-state index in [9.17, 15) is 57.5 Å². The van der Waals surface area contributed by atoms with Crippen molar-refractivity contribution >= 4 is 105 Å². The molecule has 2 atom stereocenters. The summed E-state index contributed by atoms with van der Waals surface area (Å²) in [6.07, 6.45) is 9.89. The molecule has 16 rings (SSSR count). The minimum absolute atomic E-state index is 0.00905. The number of hydrogen-bond donors (Lipinski definition) is 6. The highest BCUT2D eigenvalue weighted by atomic mass is 16.6. The van der Waals surface area contributed by atoms with Gasteiger partial charge in [-0.1, -0.05) is 59.0 Å². The largest absolute Gasteiger partial charge is 0.487 e. The molecule has 117 heavy (non-hydrogen) atoms. The Balaban J connectivity index is 0.466. The molecule has 6 N–H and O–H groups in total. The zero-order valence-corrected chi connectivity index (χ0v) is 62.1. The summed E-state index contributed by atoms with van der Waals surface area (Å²) in [7, 11) is 0. The van der Waals surface area contributed by atoms with Crippen molar-refractivity contribution in [2.45, 2.75) is 83.1 Å². The maximum absolute atomic E-state index is 13.5. The van der Waals surface area contributed by atoms with Crippen molar-refractivity contribution in [1.82, 2.24) is 79.8 Å². The molecular weight excluding hydrogens is 1510 g/mol. The highest BCUT2D eigenvalue weighted by molar-refractivity contribution is 6.26. The van der Waals surface area contributed by atoms with Crippen LogP contribution in [-0.4, -0.2) is 168 Å². The van der Waals surface area contributed by atoms with Crippen molar-refractivity contribution in [3.05, 3.63) is 234 Å². The van der Waals surface area contributed by atoms with Crippen LogP contribution in [0.1, 0.15) is 119 Å². The molecule has 10 amide bonds. The second-order valence-electron chi connectivity index (χ2n) is 27.7. The molecule has 4 aliphatic heterocycles. The number of rotatable bonds is 30. The maximum atomic E-state index is 13.5. The van der Waals surface area contributed by atoms with Crippen LogP contribution in [-0.2, 0) is 53.2 Å². The number of aromatic nitrogens is 10. The van der Waals surface area contributed by atoms with Gasteiger partial charge in [-0.25, -0.2) is 19.6 Å². The maximum Gasteiger partial charge on any atom is 0.346 e. The summed E-state index contributed by atoms with van der Waals surface area (Å²) in [4.78, 5) is 166. The van der Waals surface area contributed by atoms with E-state index in [-0.39, 0.29) is 77.2 Å². The van der Waals surface area contributed by atoms with Gasteiger partial charge >= 0.3 is 11.9 Å². The number of piperidine rings is 2. The summed E-state index contributed by atoms with van der Waals surface area (Å²) in [6.45, 7) is 0.996. The highest BCUT2D eigenvalue weighted by Crippen LogP contribution is 2.38. The molecule has 0 bridgehead atoms. The monoisotopic (exact) mass is 1570 g/mol. The summed E-state index contributed by atoms with van der Waals surface area (Å²) in [5.41, 5.74) is 7.85. The Kier molecular flexibility index (Phi) is 21.4. The highest BCUT2D eigenvalue weighted by Gasteiger charge is 2.48. The number of benzene rings is 6. The van der Waals surface area contributed by atoms with Gasteiger partial charge in [0.05, 0.1) is 45.8 Å². The molecule has 2 fully saturated rings. The van der Waals surface area contributed by atoms with Crippen molar-refractivity contribution in [1.29, 1.82) is 0 Å². The minimum Gasteiger partial charge on any atom is -0.487 e. The summed E-state index contributed by atoms with van der Waals surface area (Å²) >= 11 is 0. The number of unbranched alkanes of at least 4 members (excludes halogenated alkanes) is 2. The first kappa shape index (κ1) is 75.6. The zero-order valence-electron chi connectivity index (χ0n) is 62.1. The van der Waals surface area contributed by atoms with Crippen LogP contribution in [0.3, 0.4) is 0 Å². The number of hydrogen-bond acceptors (Lipinski definition) is 24. The molecule has 34 nitrogen and oxygen atoms in total. The van der Waals surface area contributed by atoms with Gasteiger partial charge in [0.2, 0.25) is 23.6 Å². The normalized spacial score (nSPS) is 15.1. The number of pyridine rings is 2. The molecule has 2 unspecified atom stereocenters. The van der Waals surface area contributed by atoms with Crippen LogP contribution in [0, 0.1) is 0 Å². The number of imide groups is 4. The van der Waals surface area contributed by atoms with Gasteiger partial charge in [0, 0.05) is 79.5 Å². The van der Waals surface area contributed by atoms with Gasteiger partial charge in [0.1, 0.15) is 81.6 Å². The first-order valence-electron chi connectivity index (χ1n) is 37.5. The zero-order chi connectivity index (χ0) is 80.8. The Hall–Kier alpha value is -15.4. The Bertz CT molecular complexity index is 5970. The van der Waals surface area contributed by atoms with Crippen LogP contribution in [0.5, 0.6) is 17.2 Å². The lowest BCUT2D eigenvalue weighted by atomic mass is 10.0. The molecule has 6 aromatic heterocycles. The summed E-state index contributed by atoms with van der Waals surface area (Å²) in [5, 5.41) is 34.1. The molecular formula is C83H70N18O16. The molecule has 34 heteroatoms. The predicted octanol–water partition coefficient (Wildman–Crippen LogP) is 7.98. The number of ether oxygens (including phenoxy) is 4. The molecule has 588 valence electrons. The van der Waals surface area contributed by atoms with Gasteiger partial charge < -0.3 is 40.2 Å². The van der Waals surface area contributed by atoms with Crippen molar-refractivity contribution in [3.63, 3.8) is 0 Å². The molecule has 0 spiro atoms. The molecule has 0 aliphatic carbocycles. The lowest BCUT2D eigenvalue weighted by Gasteiger charge is -2.27. The van der Waals surface area contributed by atoms with Crippen molar-refractivity contribution in [2.75, 3.05) is 36.9 Å². The van der Waals surface area contributed by atoms with E-state index in [1.807, 2.05) is 112 Å². The molecule has 2 saturated heterocycles. The molecule has 0 saturated carbocycles. The molecule has 10 heterocycles. The lowest BCUT2D eigenvalue weighted by molar-refractivity contribution is -0.137. The smallest absolute Gasteiger partial charge is 0.346 e. The lowest BCUT2D eigenvalue weighted by Crippen LogP contribution is -2.54. The number of amides is 10. The van der Waals surface area contributed by atoms with Gasteiger partial charge in [-0.05, 0) is 160 Å². The Morgan fingerprint density at radius 1 is 0.462 bits per heavy atom. The number of nitrogens with one attached hydrogen (secondary N) is 6. The summed E-state index contributed by atoms with van der Waals surface area (Å²) in [5.74, 6) is -5.85. The topological polar surface area (TPSA) is 416 Å². The van der Waals surface area contributed by atoms with E-state index >= 15 is 0 Å². The van der Waals surface area contributed by atoms with Crippen LogP contribution >= 0.6 is 0 Å². The third kappa shape index (κ3) is 16.2. The van der Waals surface area contributed by atoms with Crippen molar-refractivity contribution < 1.29 is 76.5 Å². The van der Waals surface area contributed by atoms with Gasteiger partial charge in [0.15, 0.2) is 13.2 Å². The van der Waals surface area contributed by atoms with Gasteiger partial charge in [-0.15, -0.1) is 10.2 Å². The molecule has 6 aromatic carbocycles. The number of imidazole rings is 2. The molecule has 12 aromatic rings. The van der Waals surface area contributed by atoms with Crippen LogP contribution in [0.15, 0.2) is 195 Å². The van der Waals surface area contributed by atoms with Crippen LogP contribution in [0.2, 0.25) is 0 Å². The van der Waals surface area contributed by atoms with Crippen LogP contribution in [0.4, 0.5) is 23.0 Å². The summed E-state index contributed by atoms with van der Waals surface area (Å²) in [6, 6.07) is 46.2. The Morgan fingerprint density at radius 3 is 1.41 bits per heavy atom. The number of anilines is 4. The SMILES string of the molecule is O=C(COc1cccc2c1C(=O)N(C1CCC(=O)NC1=O)C2=O)NCCCCn1cc(COc2ccc(-c3nc4ccccn4c3Nc3ccc(C(=O)OC(=O)c4ccc(Nc5c(-c6ccc(-c7cn(CCCCNC(=O)COc8cccc9c8C(=O)N(C8CCC(=O)NC8=O)C9=O)nn7)cc6)nc6ccccn56)cc4)cc3)cc2)nn1. The van der Waals surface area contributed by atoms with E-state index in [0.29, 0.717) is 115 Å². The standard InChI is InChI=1S/C83H70N18O16/c102-66-35-33-60(76(106)90-66)100-78(108)57-11-9-13-62(70(57)80(100)110)115-46-68(104)84-37-3-7-39-96-43-55(92-94-96)45-114-56-31-25-50(26-32-56)73-75(99-42-6-2-16-65(99)89-73)87-54-29-23-52(24-30-54)83(113)117-82(112)51-21-27-53(28-22-51)86-74-72(88-64-15-1-5-41-98(64)74)49-19-17-48(18-20-49)59-44-97(95-93-59)40-8-4-38-85-69(105)47-116-63-14-10-12-58-71(63)81(111)101(79(58)109)61-34-36-67(103)91-77(61)107/h1-2,5-6,9-32,41-44,60-61,86-87H,3-4,7-8,33-40,45-47H2,(H,84,104)(H,85,105)(H,90,102,106)(H,91,103,107). The van der Waals surface area contributed by atoms with E-state index in [1.165, 1.54) is 36.4 Å². The average Bonchev–Trinajstić information content (AvgIpc) is 1.61. The van der Waals surface area contributed by atoms with E-state index < -0.39 is 96.3 Å². The number of carbonyl (C=O) groups is 12. The van der Waals surface area contributed by atoms with E-state index in [4.69, 9.17) is 28.9 Å². The second-order valence-corrected chi connectivity index (χ2v) is 27.7. The van der Waals surface area contributed by atoms with Crippen LogP contribution in [0.25, 0.3) is 45.1 Å². The van der Waals surface area contributed by atoms with Gasteiger partial charge in [-0.3, -0.25) is 86.5 Å². The number of aryl methyl sites for hydroxylation is 2. The first-order valence-corrected chi connectivity index (χ1v) is 37.5. The number of carbonyl (C=O) groups excluding carboxylic acids is 12. The quantitative estimate of drug-likeness (QED) is 0.0107. The van der Waals surface area contributed by atoms with Crippen molar-refractivity contribution in [3.8, 4) is 51.0 Å². The third-order valence-electron chi connectivity index (χ3n) is 20.0. The second kappa shape index (κ2) is 33.1. The Morgan fingerprint density at radius 2 is 0.923 bits per heavy atom. The average molecular weight is 1580 g/mol. The number of nitrogens with zero attached hydrogens (tertiary/aromatic N) is 12.